The fourth-order valence-corrected chi connectivity index (χ4v) is 2.42. The standard InChI is InChI=1S/C14H23NOS/c1-12-5-6-14(11-13(12)2)17-10-8-15-7-4-9-16-3/h5-6,11,15H,4,7-10H2,1-3H3. The van der Waals surface area contributed by atoms with Crippen LogP contribution in [0.1, 0.15) is 17.5 Å². The highest BCUT2D eigenvalue weighted by molar-refractivity contribution is 7.99. The Morgan fingerprint density at radius 3 is 2.71 bits per heavy atom. The van der Waals surface area contributed by atoms with Gasteiger partial charge < -0.3 is 10.1 Å². The summed E-state index contributed by atoms with van der Waals surface area (Å²) in [4.78, 5) is 1.37. The minimum absolute atomic E-state index is 0.845. The molecule has 1 N–H and O–H groups in total. The number of aryl methyl sites for hydroxylation is 2. The van der Waals surface area contributed by atoms with Crippen LogP contribution in [0, 0.1) is 13.8 Å². The zero-order valence-electron chi connectivity index (χ0n) is 11.1. The molecule has 0 aliphatic carbocycles. The molecule has 0 heterocycles. The lowest BCUT2D eigenvalue weighted by Gasteiger charge is -2.06. The van der Waals surface area contributed by atoms with Gasteiger partial charge in [-0.2, -0.15) is 0 Å². The van der Waals surface area contributed by atoms with Crippen molar-refractivity contribution < 1.29 is 4.74 Å². The Morgan fingerprint density at radius 1 is 1.18 bits per heavy atom. The molecule has 17 heavy (non-hydrogen) atoms. The Bertz CT molecular complexity index is 328. The maximum Gasteiger partial charge on any atom is 0.0474 e. The molecule has 0 unspecified atom stereocenters. The molecule has 0 saturated carbocycles. The maximum absolute atomic E-state index is 5.00. The van der Waals surface area contributed by atoms with Gasteiger partial charge in [-0.15, -0.1) is 11.8 Å². The van der Waals surface area contributed by atoms with Crippen molar-refractivity contribution >= 4 is 11.8 Å². The van der Waals surface area contributed by atoms with E-state index in [4.69, 9.17) is 4.74 Å². The van der Waals surface area contributed by atoms with Crippen LogP contribution in [0.3, 0.4) is 0 Å². The number of rotatable bonds is 8. The molecule has 1 rings (SSSR count). The summed E-state index contributed by atoms with van der Waals surface area (Å²) < 4.78 is 5.00. The van der Waals surface area contributed by atoms with Gasteiger partial charge in [-0.3, -0.25) is 0 Å². The number of benzene rings is 1. The second-order valence-corrected chi connectivity index (χ2v) is 5.36. The first-order valence-electron chi connectivity index (χ1n) is 6.13. The van der Waals surface area contributed by atoms with E-state index in [1.165, 1.54) is 16.0 Å². The van der Waals surface area contributed by atoms with Crippen molar-refractivity contribution in [2.75, 3.05) is 32.6 Å². The number of hydrogen-bond acceptors (Lipinski definition) is 3. The summed E-state index contributed by atoms with van der Waals surface area (Å²) in [7, 11) is 1.75. The molecule has 0 aromatic heterocycles. The summed E-state index contributed by atoms with van der Waals surface area (Å²) in [6.45, 7) is 7.27. The molecular weight excluding hydrogens is 230 g/mol. The average molecular weight is 253 g/mol. The Morgan fingerprint density at radius 2 is 2.00 bits per heavy atom. The van der Waals surface area contributed by atoms with Gasteiger partial charge >= 0.3 is 0 Å². The van der Waals surface area contributed by atoms with Crippen molar-refractivity contribution in [2.45, 2.75) is 25.2 Å². The zero-order valence-corrected chi connectivity index (χ0v) is 11.9. The number of thioether (sulfide) groups is 1. The van der Waals surface area contributed by atoms with E-state index in [2.05, 4.69) is 37.4 Å². The van der Waals surface area contributed by atoms with Crippen molar-refractivity contribution in [3.05, 3.63) is 29.3 Å². The second-order valence-electron chi connectivity index (χ2n) is 4.19. The molecule has 0 amide bonds. The third-order valence-electron chi connectivity index (χ3n) is 2.73. The van der Waals surface area contributed by atoms with Gasteiger partial charge in [-0.25, -0.2) is 0 Å². The first-order chi connectivity index (χ1) is 8.24. The van der Waals surface area contributed by atoms with Crippen LogP contribution in [0.25, 0.3) is 0 Å². The summed E-state index contributed by atoms with van der Waals surface area (Å²) in [5.41, 5.74) is 2.75. The summed E-state index contributed by atoms with van der Waals surface area (Å²) >= 11 is 1.91. The molecule has 0 spiro atoms. The Labute approximate surface area is 109 Å². The quantitative estimate of drug-likeness (QED) is 0.568. The van der Waals surface area contributed by atoms with Crippen LogP contribution in [0.15, 0.2) is 23.1 Å². The van der Waals surface area contributed by atoms with E-state index >= 15 is 0 Å². The maximum atomic E-state index is 5.00. The van der Waals surface area contributed by atoms with E-state index in [1.807, 2.05) is 11.8 Å². The summed E-state index contributed by atoms with van der Waals surface area (Å²) in [6.07, 6.45) is 1.09. The Balaban J connectivity index is 2.11. The first-order valence-corrected chi connectivity index (χ1v) is 7.12. The number of hydrogen-bond donors (Lipinski definition) is 1. The normalized spacial score (nSPS) is 10.8. The van der Waals surface area contributed by atoms with Gasteiger partial charge in [-0.1, -0.05) is 6.07 Å². The van der Waals surface area contributed by atoms with Gasteiger partial charge in [0.15, 0.2) is 0 Å². The third kappa shape index (κ3) is 6.10. The number of nitrogens with one attached hydrogen (secondary N) is 1. The molecule has 0 radical (unpaired) electrons. The van der Waals surface area contributed by atoms with Crippen LogP contribution in [0.4, 0.5) is 0 Å². The van der Waals surface area contributed by atoms with E-state index in [0.717, 1.165) is 31.9 Å². The zero-order chi connectivity index (χ0) is 12.5. The molecule has 1 aromatic rings. The Hall–Kier alpha value is -0.510. The first kappa shape index (κ1) is 14.6. The van der Waals surface area contributed by atoms with Gasteiger partial charge in [0.1, 0.15) is 0 Å². The second kappa shape index (κ2) is 8.56. The number of ether oxygens (including phenoxy) is 1. The van der Waals surface area contributed by atoms with Crippen molar-refractivity contribution in [1.82, 2.24) is 5.32 Å². The van der Waals surface area contributed by atoms with Crippen molar-refractivity contribution in [3.8, 4) is 0 Å². The summed E-state index contributed by atoms with van der Waals surface area (Å²) in [6, 6.07) is 6.67. The van der Waals surface area contributed by atoms with Crippen molar-refractivity contribution in [2.24, 2.45) is 0 Å². The topological polar surface area (TPSA) is 21.3 Å². The van der Waals surface area contributed by atoms with Crippen LogP contribution < -0.4 is 5.32 Å². The van der Waals surface area contributed by atoms with E-state index in [9.17, 15) is 0 Å². The molecular formula is C14H23NOS. The third-order valence-corrected chi connectivity index (χ3v) is 3.72. The molecule has 2 nitrogen and oxygen atoms in total. The minimum Gasteiger partial charge on any atom is -0.385 e. The van der Waals surface area contributed by atoms with Crippen LogP contribution >= 0.6 is 11.8 Å². The van der Waals surface area contributed by atoms with E-state index in [0.29, 0.717) is 0 Å². The van der Waals surface area contributed by atoms with Crippen LogP contribution in [0.5, 0.6) is 0 Å². The van der Waals surface area contributed by atoms with Gasteiger partial charge in [0.05, 0.1) is 0 Å². The summed E-state index contributed by atoms with van der Waals surface area (Å²) in [5, 5.41) is 3.42. The molecule has 0 atom stereocenters. The monoisotopic (exact) mass is 253 g/mol. The van der Waals surface area contributed by atoms with E-state index < -0.39 is 0 Å². The van der Waals surface area contributed by atoms with E-state index in [-0.39, 0.29) is 0 Å². The molecule has 0 saturated heterocycles. The average Bonchev–Trinajstić information content (AvgIpc) is 2.32. The highest BCUT2D eigenvalue weighted by Gasteiger charge is 1.97. The highest BCUT2D eigenvalue weighted by Crippen LogP contribution is 2.20. The lowest BCUT2D eigenvalue weighted by atomic mass is 10.1. The molecule has 96 valence electrons. The largest absolute Gasteiger partial charge is 0.385 e. The van der Waals surface area contributed by atoms with Crippen LogP contribution in [-0.2, 0) is 4.74 Å². The molecule has 3 heteroatoms. The predicted octanol–water partition coefficient (Wildman–Crippen LogP) is 3.02. The fourth-order valence-electron chi connectivity index (χ4n) is 1.51. The Kier molecular flexibility index (Phi) is 7.33. The van der Waals surface area contributed by atoms with Crippen molar-refractivity contribution in [3.63, 3.8) is 0 Å². The molecule has 0 bridgehead atoms. The lowest BCUT2D eigenvalue weighted by Crippen LogP contribution is -2.19. The van der Waals surface area contributed by atoms with Gasteiger partial charge in [-0.05, 0) is 50.1 Å². The van der Waals surface area contributed by atoms with Gasteiger partial charge in [0, 0.05) is 30.9 Å². The molecule has 0 fully saturated rings. The smallest absolute Gasteiger partial charge is 0.0474 e. The van der Waals surface area contributed by atoms with Gasteiger partial charge in [0.2, 0.25) is 0 Å². The summed E-state index contributed by atoms with van der Waals surface area (Å²) in [5.74, 6) is 1.12. The predicted molar refractivity (Wildman–Crippen MR) is 76.0 cm³/mol. The van der Waals surface area contributed by atoms with Gasteiger partial charge in [0.25, 0.3) is 0 Å². The van der Waals surface area contributed by atoms with Crippen LogP contribution in [0.2, 0.25) is 0 Å². The molecule has 1 aromatic carbocycles. The number of methoxy groups -OCH3 is 1. The lowest BCUT2D eigenvalue weighted by molar-refractivity contribution is 0.194. The molecule has 0 aliphatic rings. The highest BCUT2D eigenvalue weighted by atomic mass is 32.2. The van der Waals surface area contributed by atoms with Crippen molar-refractivity contribution in [1.29, 1.82) is 0 Å². The fraction of sp³-hybridized carbons (Fsp3) is 0.571. The molecule has 0 aliphatic heterocycles. The SMILES string of the molecule is COCCCNCCSc1ccc(C)c(C)c1. The van der Waals surface area contributed by atoms with E-state index in [1.54, 1.807) is 7.11 Å². The minimum atomic E-state index is 0.845. The van der Waals surface area contributed by atoms with Crippen LogP contribution in [-0.4, -0.2) is 32.6 Å².